The first kappa shape index (κ1) is 11.9. The zero-order valence-electron chi connectivity index (χ0n) is 9.74. The minimum absolute atomic E-state index is 0.592. The predicted molar refractivity (Wildman–Crippen MR) is 67.9 cm³/mol. The molecule has 0 saturated heterocycles. The SMILES string of the molecule is CO[PH](=O)c1ccccc1C1CCCCC1. The first-order valence-corrected chi connectivity index (χ1v) is 7.32. The van der Waals surface area contributed by atoms with Crippen LogP contribution in [-0.2, 0) is 9.09 Å². The third-order valence-corrected chi connectivity index (χ3v) is 4.68. The standard InChI is InChI=1S/C13H19O2P/c1-15-16(14)13-10-6-5-9-12(13)11-7-3-2-4-8-11/h5-6,9-11,16H,2-4,7-8H2,1H3. The summed E-state index contributed by atoms with van der Waals surface area (Å²) in [5.74, 6) is 0.592. The van der Waals surface area contributed by atoms with Crippen molar-refractivity contribution < 1.29 is 9.09 Å². The van der Waals surface area contributed by atoms with Gasteiger partial charge in [-0.1, -0.05) is 37.5 Å². The lowest BCUT2D eigenvalue weighted by molar-refractivity contribution is 0.420. The zero-order valence-corrected chi connectivity index (χ0v) is 10.7. The van der Waals surface area contributed by atoms with Crippen molar-refractivity contribution in [3.63, 3.8) is 0 Å². The highest BCUT2D eigenvalue weighted by molar-refractivity contribution is 7.48. The molecular formula is C13H19O2P. The lowest BCUT2D eigenvalue weighted by Crippen LogP contribution is -2.13. The van der Waals surface area contributed by atoms with Crippen LogP contribution >= 0.6 is 8.03 Å². The van der Waals surface area contributed by atoms with Gasteiger partial charge in [0.25, 0.3) is 0 Å². The fourth-order valence-electron chi connectivity index (χ4n) is 2.56. The highest BCUT2D eigenvalue weighted by Crippen LogP contribution is 2.35. The summed E-state index contributed by atoms with van der Waals surface area (Å²) in [5.41, 5.74) is 1.26. The Balaban J connectivity index is 2.28. The summed E-state index contributed by atoms with van der Waals surface area (Å²) in [6, 6.07) is 8.06. The molecule has 1 aromatic rings. The van der Waals surface area contributed by atoms with Crippen molar-refractivity contribution >= 4 is 13.3 Å². The molecule has 1 fully saturated rings. The average molecular weight is 238 g/mol. The maximum atomic E-state index is 11.8. The van der Waals surface area contributed by atoms with E-state index in [1.165, 1.54) is 44.8 Å². The first-order valence-electron chi connectivity index (χ1n) is 6.00. The highest BCUT2D eigenvalue weighted by Gasteiger charge is 2.19. The van der Waals surface area contributed by atoms with Gasteiger partial charge in [0.2, 0.25) is 8.03 Å². The summed E-state index contributed by atoms with van der Waals surface area (Å²) in [5, 5.41) is 0.932. The van der Waals surface area contributed by atoms with E-state index in [0.29, 0.717) is 5.92 Å². The van der Waals surface area contributed by atoms with Gasteiger partial charge in [-0.15, -0.1) is 0 Å². The monoisotopic (exact) mass is 238 g/mol. The van der Waals surface area contributed by atoms with E-state index in [2.05, 4.69) is 6.07 Å². The number of rotatable bonds is 3. The zero-order chi connectivity index (χ0) is 11.4. The van der Waals surface area contributed by atoms with Gasteiger partial charge in [0.05, 0.1) is 0 Å². The molecule has 0 amide bonds. The summed E-state index contributed by atoms with van der Waals surface area (Å²) < 4.78 is 16.9. The van der Waals surface area contributed by atoms with Crippen LogP contribution < -0.4 is 5.30 Å². The third kappa shape index (κ3) is 2.56. The smallest absolute Gasteiger partial charge is 0.220 e. The van der Waals surface area contributed by atoms with Gasteiger partial charge in [0, 0.05) is 12.4 Å². The van der Waals surface area contributed by atoms with Crippen LogP contribution in [0.5, 0.6) is 0 Å². The molecular weight excluding hydrogens is 219 g/mol. The second-order valence-electron chi connectivity index (χ2n) is 4.41. The summed E-state index contributed by atoms with van der Waals surface area (Å²) in [6.45, 7) is 0. The maximum absolute atomic E-state index is 11.8. The molecule has 2 rings (SSSR count). The van der Waals surface area contributed by atoms with Crippen molar-refractivity contribution in [1.82, 2.24) is 0 Å². The second-order valence-corrected chi connectivity index (χ2v) is 5.94. The minimum atomic E-state index is -2.03. The van der Waals surface area contributed by atoms with E-state index in [4.69, 9.17) is 4.52 Å². The summed E-state index contributed by atoms with van der Waals surface area (Å²) in [4.78, 5) is 0. The summed E-state index contributed by atoms with van der Waals surface area (Å²) in [7, 11) is -0.508. The maximum Gasteiger partial charge on any atom is 0.220 e. The van der Waals surface area contributed by atoms with Gasteiger partial charge in [0.1, 0.15) is 0 Å². The van der Waals surface area contributed by atoms with Crippen molar-refractivity contribution in [3.05, 3.63) is 29.8 Å². The van der Waals surface area contributed by atoms with Crippen molar-refractivity contribution in [1.29, 1.82) is 0 Å². The van der Waals surface area contributed by atoms with Crippen LogP contribution in [0, 0.1) is 0 Å². The molecule has 0 spiro atoms. The molecule has 0 N–H and O–H groups in total. The molecule has 16 heavy (non-hydrogen) atoms. The third-order valence-electron chi connectivity index (χ3n) is 3.41. The van der Waals surface area contributed by atoms with Crippen LogP contribution in [0.3, 0.4) is 0 Å². The molecule has 1 aromatic carbocycles. The van der Waals surface area contributed by atoms with E-state index in [1.54, 1.807) is 0 Å². The Labute approximate surface area is 97.9 Å². The molecule has 1 aliphatic rings. The number of hydrogen-bond acceptors (Lipinski definition) is 2. The van der Waals surface area contributed by atoms with Gasteiger partial charge in [0.15, 0.2) is 0 Å². The molecule has 1 saturated carbocycles. The van der Waals surface area contributed by atoms with Gasteiger partial charge in [-0.3, -0.25) is 4.57 Å². The van der Waals surface area contributed by atoms with Crippen LogP contribution in [0.15, 0.2) is 24.3 Å². The van der Waals surface area contributed by atoms with E-state index in [1.807, 2.05) is 18.2 Å². The summed E-state index contributed by atoms with van der Waals surface area (Å²) >= 11 is 0. The Morgan fingerprint density at radius 3 is 2.56 bits per heavy atom. The van der Waals surface area contributed by atoms with Crippen molar-refractivity contribution in [2.75, 3.05) is 7.11 Å². The van der Waals surface area contributed by atoms with E-state index in [9.17, 15) is 4.57 Å². The molecule has 0 heterocycles. The molecule has 0 radical (unpaired) electrons. The Bertz CT molecular complexity index is 370. The molecule has 0 aromatic heterocycles. The van der Waals surface area contributed by atoms with E-state index in [-0.39, 0.29) is 0 Å². The van der Waals surface area contributed by atoms with Crippen LogP contribution in [0.1, 0.15) is 43.6 Å². The minimum Gasteiger partial charge on any atom is -0.331 e. The first-order chi connectivity index (χ1) is 7.83. The van der Waals surface area contributed by atoms with Gasteiger partial charge in [-0.05, 0) is 30.4 Å². The Morgan fingerprint density at radius 2 is 1.88 bits per heavy atom. The Morgan fingerprint density at radius 1 is 1.19 bits per heavy atom. The van der Waals surface area contributed by atoms with Gasteiger partial charge in [-0.25, -0.2) is 0 Å². The van der Waals surface area contributed by atoms with E-state index < -0.39 is 8.03 Å². The average Bonchev–Trinajstić information content (AvgIpc) is 2.39. The lowest BCUT2D eigenvalue weighted by atomic mass is 9.84. The van der Waals surface area contributed by atoms with Crippen LogP contribution in [0.2, 0.25) is 0 Å². The fraction of sp³-hybridized carbons (Fsp3) is 0.538. The molecule has 3 heteroatoms. The highest BCUT2D eigenvalue weighted by atomic mass is 31.1. The Kier molecular flexibility index (Phi) is 4.20. The van der Waals surface area contributed by atoms with Gasteiger partial charge < -0.3 is 4.52 Å². The van der Waals surface area contributed by atoms with Gasteiger partial charge >= 0.3 is 0 Å². The molecule has 2 nitrogen and oxygen atoms in total. The molecule has 1 unspecified atom stereocenters. The van der Waals surface area contributed by atoms with Crippen LogP contribution in [0.4, 0.5) is 0 Å². The number of hydrogen-bond donors (Lipinski definition) is 0. The van der Waals surface area contributed by atoms with Crippen molar-refractivity contribution in [3.8, 4) is 0 Å². The number of benzene rings is 1. The van der Waals surface area contributed by atoms with Crippen molar-refractivity contribution in [2.24, 2.45) is 0 Å². The summed E-state index contributed by atoms with van der Waals surface area (Å²) in [6.07, 6.45) is 6.41. The quantitative estimate of drug-likeness (QED) is 0.753. The molecule has 1 aliphatic carbocycles. The molecule has 0 aliphatic heterocycles. The topological polar surface area (TPSA) is 26.3 Å². The Hall–Kier alpha value is -0.590. The van der Waals surface area contributed by atoms with E-state index >= 15 is 0 Å². The molecule has 1 atom stereocenters. The fourth-order valence-corrected chi connectivity index (χ4v) is 3.54. The normalized spacial score (nSPS) is 19.6. The molecule has 88 valence electrons. The van der Waals surface area contributed by atoms with Gasteiger partial charge in [-0.2, -0.15) is 0 Å². The van der Waals surface area contributed by atoms with Crippen LogP contribution in [0.25, 0.3) is 0 Å². The van der Waals surface area contributed by atoms with Crippen LogP contribution in [-0.4, -0.2) is 7.11 Å². The van der Waals surface area contributed by atoms with Crippen molar-refractivity contribution in [2.45, 2.75) is 38.0 Å². The second kappa shape index (κ2) is 5.65. The largest absolute Gasteiger partial charge is 0.331 e. The molecule has 0 bridgehead atoms. The van der Waals surface area contributed by atoms with E-state index in [0.717, 1.165) is 5.30 Å². The lowest BCUT2D eigenvalue weighted by Gasteiger charge is -2.23. The predicted octanol–water partition coefficient (Wildman–Crippen LogP) is 3.48.